The number of carbonyl (C=O) groups excluding carboxylic acids is 1. The molecule has 0 aliphatic rings. The average Bonchev–Trinajstić information content (AvgIpc) is 2.30. The van der Waals surface area contributed by atoms with Gasteiger partial charge in [0.2, 0.25) is 5.91 Å². The number of amides is 1. The topological polar surface area (TPSA) is 38.3 Å². The summed E-state index contributed by atoms with van der Waals surface area (Å²) in [4.78, 5) is 10.7. The minimum Gasteiger partial charge on any atom is -0.491 e. The van der Waals surface area contributed by atoms with Crippen LogP contribution in [0.1, 0.15) is 32.8 Å². The second kappa shape index (κ2) is 7.54. The fourth-order valence-electron chi connectivity index (χ4n) is 1.48. The van der Waals surface area contributed by atoms with Crippen LogP contribution in [0.15, 0.2) is 30.3 Å². The molecule has 0 aliphatic carbocycles. The maximum absolute atomic E-state index is 10.7. The maximum Gasteiger partial charge on any atom is 0.216 e. The normalized spacial score (nSPS) is 10.9. The predicted octanol–water partition coefficient (Wildman–Crippen LogP) is 3.01. The maximum atomic E-state index is 10.7. The number of hydrogen-bond donors (Lipinski definition) is 1. The van der Waals surface area contributed by atoms with Crippen LogP contribution in [0.2, 0.25) is 0 Å². The Hall–Kier alpha value is -1.77. The van der Waals surface area contributed by atoms with Crippen molar-refractivity contribution in [2.24, 2.45) is 0 Å². The number of nitrogens with one attached hydrogen (secondary N) is 1. The fourth-order valence-corrected chi connectivity index (χ4v) is 1.48. The lowest BCUT2D eigenvalue weighted by atomic mass is 10.2. The Kier molecular flexibility index (Phi) is 5.98. The minimum atomic E-state index is 0.0126. The van der Waals surface area contributed by atoms with Crippen molar-refractivity contribution in [3.8, 4) is 5.75 Å². The predicted molar refractivity (Wildman–Crippen MR) is 74.5 cm³/mol. The van der Waals surface area contributed by atoms with Crippen LogP contribution >= 0.6 is 0 Å². The zero-order valence-electron chi connectivity index (χ0n) is 11.3. The highest BCUT2D eigenvalue weighted by Crippen LogP contribution is 2.14. The zero-order chi connectivity index (χ0) is 13.4. The Morgan fingerprint density at radius 3 is 2.56 bits per heavy atom. The lowest BCUT2D eigenvalue weighted by Crippen LogP contribution is -2.20. The number of carbonyl (C=O) groups is 1. The van der Waals surface area contributed by atoms with Gasteiger partial charge in [0.15, 0.2) is 0 Å². The van der Waals surface area contributed by atoms with Gasteiger partial charge in [-0.2, -0.15) is 0 Å². The van der Waals surface area contributed by atoms with Gasteiger partial charge in [0.1, 0.15) is 5.75 Å². The standard InChI is InChI=1S/C15H21NO2/c1-12(2)18-15-9-7-14(8-10-15)6-4-5-11-16-13(3)17/h4,6-10,12H,5,11H2,1-3H3,(H,16,17). The van der Waals surface area contributed by atoms with Crippen LogP contribution in [0.5, 0.6) is 5.75 Å². The first kappa shape index (κ1) is 14.3. The van der Waals surface area contributed by atoms with E-state index in [1.165, 1.54) is 6.92 Å². The number of rotatable bonds is 6. The molecule has 0 aromatic heterocycles. The molecule has 0 unspecified atom stereocenters. The van der Waals surface area contributed by atoms with Gasteiger partial charge in [-0.25, -0.2) is 0 Å². The Bertz CT molecular complexity index is 393. The van der Waals surface area contributed by atoms with Crippen molar-refractivity contribution >= 4 is 12.0 Å². The number of hydrogen-bond acceptors (Lipinski definition) is 2. The molecule has 98 valence electrons. The summed E-state index contributed by atoms with van der Waals surface area (Å²) in [6.45, 7) is 6.23. The van der Waals surface area contributed by atoms with E-state index in [0.717, 1.165) is 17.7 Å². The van der Waals surface area contributed by atoms with Crippen molar-refractivity contribution in [2.75, 3.05) is 6.54 Å². The van der Waals surface area contributed by atoms with Crippen molar-refractivity contribution in [3.05, 3.63) is 35.9 Å². The molecular formula is C15H21NO2. The van der Waals surface area contributed by atoms with E-state index in [1.807, 2.05) is 50.3 Å². The molecule has 0 radical (unpaired) electrons. The molecule has 18 heavy (non-hydrogen) atoms. The van der Waals surface area contributed by atoms with Crippen molar-refractivity contribution in [1.29, 1.82) is 0 Å². The summed E-state index contributed by atoms with van der Waals surface area (Å²) >= 11 is 0. The molecule has 0 saturated carbocycles. The summed E-state index contributed by atoms with van der Waals surface area (Å²) in [5.74, 6) is 0.902. The molecule has 0 fully saturated rings. The first-order chi connectivity index (χ1) is 8.58. The number of benzene rings is 1. The summed E-state index contributed by atoms with van der Waals surface area (Å²) in [5.41, 5.74) is 1.13. The molecule has 0 aliphatic heterocycles. The van der Waals surface area contributed by atoms with Gasteiger partial charge in [-0.3, -0.25) is 4.79 Å². The second-order valence-corrected chi connectivity index (χ2v) is 4.41. The Balaban J connectivity index is 2.38. The Morgan fingerprint density at radius 2 is 2.00 bits per heavy atom. The monoisotopic (exact) mass is 247 g/mol. The zero-order valence-corrected chi connectivity index (χ0v) is 11.3. The van der Waals surface area contributed by atoms with Crippen LogP contribution in [-0.2, 0) is 4.79 Å². The highest BCUT2D eigenvalue weighted by atomic mass is 16.5. The van der Waals surface area contributed by atoms with E-state index in [-0.39, 0.29) is 12.0 Å². The third-order valence-electron chi connectivity index (χ3n) is 2.25. The van der Waals surface area contributed by atoms with E-state index < -0.39 is 0 Å². The smallest absolute Gasteiger partial charge is 0.216 e. The quantitative estimate of drug-likeness (QED) is 0.785. The van der Waals surface area contributed by atoms with E-state index in [9.17, 15) is 4.79 Å². The van der Waals surface area contributed by atoms with E-state index in [1.54, 1.807) is 0 Å². The second-order valence-electron chi connectivity index (χ2n) is 4.41. The highest BCUT2D eigenvalue weighted by Gasteiger charge is 1.96. The summed E-state index contributed by atoms with van der Waals surface area (Å²) in [6, 6.07) is 7.97. The van der Waals surface area contributed by atoms with Crippen molar-refractivity contribution < 1.29 is 9.53 Å². The average molecular weight is 247 g/mol. The molecule has 0 spiro atoms. The van der Waals surface area contributed by atoms with Crippen molar-refractivity contribution in [3.63, 3.8) is 0 Å². The highest BCUT2D eigenvalue weighted by molar-refractivity contribution is 5.72. The third-order valence-corrected chi connectivity index (χ3v) is 2.25. The molecule has 0 heterocycles. The first-order valence-electron chi connectivity index (χ1n) is 6.25. The van der Waals surface area contributed by atoms with Crippen LogP contribution in [0.25, 0.3) is 6.08 Å². The molecule has 0 atom stereocenters. The van der Waals surface area contributed by atoms with E-state index in [2.05, 4.69) is 5.32 Å². The molecule has 1 aromatic rings. The van der Waals surface area contributed by atoms with Crippen LogP contribution in [0, 0.1) is 0 Å². The van der Waals surface area contributed by atoms with Gasteiger partial charge in [0.25, 0.3) is 0 Å². The van der Waals surface area contributed by atoms with Crippen LogP contribution in [0.4, 0.5) is 0 Å². The Labute approximate surface area is 109 Å². The van der Waals surface area contributed by atoms with Gasteiger partial charge < -0.3 is 10.1 Å². The van der Waals surface area contributed by atoms with Gasteiger partial charge in [0.05, 0.1) is 6.10 Å². The summed E-state index contributed by atoms with van der Waals surface area (Å²) in [6.07, 6.45) is 5.13. The van der Waals surface area contributed by atoms with Gasteiger partial charge in [-0.05, 0) is 38.0 Å². The van der Waals surface area contributed by atoms with Crippen LogP contribution in [-0.4, -0.2) is 18.6 Å². The van der Waals surface area contributed by atoms with Gasteiger partial charge in [-0.15, -0.1) is 0 Å². The first-order valence-corrected chi connectivity index (χ1v) is 6.25. The molecule has 1 N–H and O–H groups in total. The molecule has 3 heteroatoms. The number of ether oxygens (including phenoxy) is 1. The van der Waals surface area contributed by atoms with E-state index in [4.69, 9.17) is 4.74 Å². The van der Waals surface area contributed by atoms with Crippen LogP contribution < -0.4 is 10.1 Å². The van der Waals surface area contributed by atoms with E-state index in [0.29, 0.717) is 6.54 Å². The molecule has 0 saturated heterocycles. The summed E-state index contributed by atoms with van der Waals surface area (Å²) in [5, 5.41) is 2.75. The summed E-state index contributed by atoms with van der Waals surface area (Å²) in [7, 11) is 0. The minimum absolute atomic E-state index is 0.0126. The van der Waals surface area contributed by atoms with Gasteiger partial charge in [-0.1, -0.05) is 24.3 Å². The van der Waals surface area contributed by atoms with E-state index >= 15 is 0 Å². The Morgan fingerprint density at radius 1 is 1.33 bits per heavy atom. The summed E-state index contributed by atoms with van der Waals surface area (Å²) < 4.78 is 5.57. The van der Waals surface area contributed by atoms with Crippen molar-refractivity contribution in [2.45, 2.75) is 33.3 Å². The van der Waals surface area contributed by atoms with Crippen LogP contribution in [0.3, 0.4) is 0 Å². The molecule has 1 rings (SSSR count). The molecule has 0 bridgehead atoms. The van der Waals surface area contributed by atoms with Gasteiger partial charge >= 0.3 is 0 Å². The lowest BCUT2D eigenvalue weighted by Gasteiger charge is -2.09. The fraction of sp³-hybridized carbons (Fsp3) is 0.400. The largest absolute Gasteiger partial charge is 0.491 e. The molecule has 3 nitrogen and oxygen atoms in total. The lowest BCUT2D eigenvalue weighted by molar-refractivity contribution is -0.118. The van der Waals surface area contributed by atoms with Crippen molar-refractivity contribution in [1.82, 2.24) is 5.32 Å². The molecule has 1 aromatic carbocycles. The molecule has 1 amide bonds. The molecular weight excluding hydrogens is 226 g/mol. The van der Waals surface area contributed by atoms with Gasteiger partial charge in [0, 0.05) is 13.5 Å². The third kappa shape index (κ3) is 6.09. The SMILES string of the molecule is CC(=O)NCCC=Cc1ccc(OC(C)C)cc1.